The van der Waals surface area contributed by atoms with E-state index in [1.54, 1.807) is 0 Å². The van der Waals surface area contributed by atoms with Crippen LogP contribution < -0.4 is 20.1 Å². The van der Waals surface area contributed by atoms with Crippen LogP contribution in [0.5, 0.6) is 11.5 Å². The third kappa shape index (κ3) is 12.9. The van der Waals surface area contributed by atoms with Gasteiger partial charge in [-0.3, -0.25) is 0 Å². The second kappa shape index (κ2) is 22.5. The predicted molar refractivity (Wildman–Crippen MR) is 268 cm³/mol. The lowest BCUT2D eigenvalue weighted by atomic mass is 10.0. The number of hydrogen-bond acceptors (Lipinski definition) is 4. The van der Waals surface area contributed by atoms with Crippen molar-refractivity contribution in [3.8, 4) is 44.9 Å². The molecule has 0 bridgehead atoms. The molecule has 0 saturated heterocycles. The standard InChI is InChI=1S/C32H25Br2NO.C12H8Br2.C8H11NO/c1-2-36-32-21-19-31(20-22-32)35(29-15-7-25(8-16-29)23-3-11-27(33)12-4-23)30-17-9-26(10-18-30)24-5-13-28(34)14-6-24;13-11-5-1-9(2-6-11)10-3-7-12(14)8-4-10;1-2-10-8-5-3-7(9)4-6-8/h3-22H,2H2,1H3;1-8H;3-6H,2,9H2,1H3. The van der Waals surface area contributed by atoms with E-state index in [0.717, 1.165) is 52.1 Å². The third-order valence-corrected chi connectivity index (χ3v) is 11.3. The van der Waals surface area contributed by atoms with Crippen LogP contribution in [0.2, 0.25) is 0 Å². The zero-order chi connectivity index (χ0) is 42.3. The highest BCUT2D eigenvalue weighted by Crippen LogP contribution is 2.37. The van der Waals surface area contributed by atoms with E-state index in [2.05, 4.69) is 226 Å². The molecule has 0 radical (unpaired) electrons. The molecule has 0 atom stereocenters. The first-order valence-corrected chi connectivity index (χ1v) is 22.6. The number of nitrogens with zero attached hydrogens (tertiary/aromatic N) is 1. The van der Waals surface area contributed by atoms with Crippen LogP contribution in [0.3, 0.4) is 0 Å². The summed E-state index contributed by atoms with van der Waals surface area (Å²) in [6, 6.07) is 66.5. The van der Waals surface area contributed by atoms with Crippen molar-refractivity contribution in [1.29, 1.82) is 0 Å². The van der Waals surface area contributed by atoms with Crippen molar-refractivity contribution in [2.24, 2.45) is 0 Å². The number of rotatable bonds is 10. The Balaban J connectivity index is 0.000000204. The number of hydrogen-bond donors (Lipinski definition) is 1. The molecule has 0 aliphatic carbocycles. The van der Waals surface area contributed by atoms with Crippen molar-refractivity contribution in [2.45, 2.75) is 13.8 Å². The van der Waals surface area contributed by atoms with E-state index < -0.39 is 0 Å². The summed E-state index contributed by atoms with van der Waals surface area (Å²) >= 11 is 13.9. The van der Waals surface area contributed by atoms with Crippen LogP contribution in [0.4, 0.5) is 22.7 Å². The lowest BCUT2D eigenvalue weighted by molar-refractivity contribution is 0.340. The predicted octanol–water partition coefficient (Wildman–Crippen LogP) is 17.0. The van der Waals surface area contributed by atoms with Crippen LogP contribution in [-0.2, 0) is 0 Å². The highest BCUT2D eigenvalue weighted by molar-refractivity contribution is 9.11. The molecule has 302 valence electrons. The Labute approximate surface area is 387 Å². The monoisotopic (exact) mass is 1040 g/mol. The molecule has 0 aromatic heterocycles. The highest BCUT2D eigenvalue weighted by atomic mass is 79.9. The average molecular weight is 1050 g/mol. The molecule has 0 aliphatic heterocycles. The molecule has 0 spiro atoms. The molecule has 8 rings (SSSR count). The highest BCUT2D eigenvalue weighted by Gasteiger charge is 2.14. The van der Waals surface area contributed by atoms with E-state index in [4.69, 9.17) is 15.2 Å². The fourth-order valence-electron chi connectivity index (χ4n) is 6.21. The number of benzene rings is 8. The number of nitrogens with two attached hydrogens (primary N) is 1. The Morgan fingerprint density at radius 1 is 0.333 bits per heavy atom. The van der Waals surface area contributed by atoms with Gasteiger partial charge in [-0.05, 0) is 169 Å². The maximum atomic E-state index is 5.67. The second-order valence-corrected chi connectivity index (χ2v) is 17.0. The zero-order valence-electron chi connectivity index (χ0n) is 33.2. The maximum Gasteiger partial charge on any atom is 0.119 e. The summed E-state index contributed by atoms with van der Waals surface area (Å²) in [5.41, 5.74) is 16.7. The van der Waals surface area contributed by atoms with Gasteiger partial charge in [-0.15, -0.1) is 0 Å². The van der Waals surface area contributed by atoms with Crippen molar-refractivity contribution in [2.75, 3.05) is 23.8 Å². The van der Waals surface area contributed by atoms with Gasteiger partial charge in [0.25, 0.3) is 0 Å². The third-order valence-electron chi connectivity index (χ3n) is 9.22. The van der Waals surface area contributed by atoms with Gasteiger partial charge in [0.1, 0.15) is 11.5 Å². The Kier molecular flexibility index (Phi) is 16.6. The summed E-state index contributed by atoms with van der Waals surface area (Å²) in [4.78, 5) is 2.27. The van der Waals surface area contributed by atoms with E-state index >= 15 is 0 Å². The zero-order valence-corrected chi connectivity index (χ0v) is 39.6. The summed E-state index contributed by atoms with van der Waals surface area (Å²) in [5.74, 6) is 1.74. The van der Waals surface area contributed by atoms with Gasteiger partial charge in [0, 0.05) is 40.6 Å². The quantitative estimate of drug-likeness (QED) is 0.139. The molecule has 0 unspecified atom stereocenters. The molecule has 0 saturated carbocycles. The minimum Gasteiger partial charge on any atom is -0.494 e. The van der Waals surface area contributed by atoms with Gasteiger partial charge in [0.2, 0.25) is 0 Å². The molecule has 60 heavy (non-hydrogen) atoms. The molecule has 8 aromatic rings. The van der Waals surface area contributed by atoms with Gasteiger partial charge in [-0.25, -0.2) is 0 Å². The minimum atomic E-state index is 0.651. The fourth-order valence-corrected chi connectivity index (χ4v) is 7.27. The number of nitrogen functional groups attached to an aromatic ring is 1. The van der Waals surface area contributed by atoms with Crippen molar-refractivity contribution in [3.63, 3.8) is 0 Å². The second-order valence-electron chi connectivity index (χ2n) is 13.4. The van der Waals surface area contributed by atoms with E-state index in [1.165, 1.54) is 33.4 Å². The molecule has 2 N–H and O–H groups in total. The van der Waals surface area contributed by atoms with Gasteiger partial charge in [0.05, 0.1) is 13.2 Å². The fraction of sp³-hybridized carbons (Fsp3) is 0.0769. The molecular formula is C52H44Br4N2O2. The molecule has 8 aromatic carbocycles. The first-order chi connectivity index (χ1) is 29.2. The lowest BCUT2D eigenvalue weighted by Crippen LogP contribution is -2.09. The van der Waals surface area contributed by atoms with E-state index in [9.17, 15) is 0 Å². The minimum absolute atomic E-state index is 0.651. The molecular weight excluding hydrogens is 1000 g/mol. The van der Waals surface area contributed by atoms with Crippen LogP contribution in [0.15, 0.2) is 212 Å². The van der Waals surface area contributed by atoms with Crippen LogP contribution in [-0.4, -0.2) is 13.2 Å². The van der Waals surface area contributed by atoms with Gasteiger partial charge in [-0.2, -0.15) is 0 Å². The van der Waals surface area contributed by atoms with Crippen molar-refractivity contribution in [1.82, 2.24) is 0 Å². The molecule has 0 heterocycles. The topological polar surface area (TPSA) is 47.7 Å². The number of ether oxygens (including phenoxy) is 2. The molecule has 8 heteroatoms. The summed E-state index contributed by atoms with van der Waals surface area (Å²) in [6.45, 7) is 5.30. The summed E-state index contributed by atoms with van der Waals surface area (Å²) in [5, 5.41) is 0. The maximum absolute atomic E-state index is 5.67. The van der Waals surface area contributed by atoms with Crippen LogP contribution in [0.1, 0.15) is 13.8 Å². The van der Waals surface area contributed by atoms with Gasteiger partial charge >= 0.3 is 0 Å². The number of halogens is 4. The van der Waals surface area contributed by atoms with Crippen molar-refractivity contribution in [3.05, 3.63) is 212 Å². The molecule has 0 fully saturated rings. The Hall–Kier alpha value is -5.12. The van der Waals surface area contributed by atoms with Crippen LogP contribution >= 0.6 is 63.7 Å². The van der Waals surface area contributed by atoms with Gasteiger partial charge in [-0.1, -0.05) is 137 Å². The number of anilines is 4. The van der Waals surface area contributed by atoms with Gasteiger partial charge < -0.3 is 20.1 Å². The SMILES string of the molecule is Brc1ccc(-c2ccc(Br)cc2)cc1.CCOc1ccc(N(c2ccc(-c3ccc(Br)cc3)cc2)c2ccc(-c3ccc(Br)cc3)cc2)cc1.CCOc1ccc(N)cc1. The van der Waals surface area contributed by atoms with Crippen LogP contribution in [0, 0.1) is 0 Å². The Morgan fingerprint density at radius 2 is 0.550 bits per heavy atom. The summed E-state index contributed by atoms with van der Waals surface area (Å²) < 4.78 is 15.3. The molecule has 0 aliphatic rings. The normalized spacial score (nSPS) is 10.4. The van der Waals surface area contributed by atoms with Crippen molar-refractivity contribution < 1.29 is 9.47 Å². The average Bonchev–Trinajstić information content (AvgIpc) is 3.28. The van der Waals surface area contributed by atoms with Gasteiger partial charge in [0.15, 0.2) is 0 Å². The molecule has 0 amide bonds. The molecule has 4 nitrogen and oxygen atoms in total. The van der Waals surface area contributed by atoms with E-state index in [1.807, 2.05) is 50.2 Å². The smallest absolute Gasteiger partial charge is 0.119 e. The first-order valence-electron chi connectivity index (χ1n) is 19.4. The van der Waals surface area contributed by atoms with Crippen LogP contribution in [0.25, 0.3) is 33.4 Å². The van der Waals surface area contributed by atoms with E-state index in [0.29, 0.717) is 13.2 Å². The Bertz CT molecular complexity index is 2360. The van der Waals surface area contributed by atoms with Crippen molar-refractivity contribution >= 4 is 86.5 Å². The largest absolute Gasteiger partial charge is 0.494 e. The summed E-state index contributed by atoms with van der Waals surface area (Å²) in [7, 11) is 0. The lowest BCUT2D eigenvalue weighted by Gasteiger charge is -2.26. The van der Waals surface area contributed by atoms with E-state index in [-0.39, 0.29) is 0 Å². The Morgan fingerprint density at radius 3 is 0.800 bits per heavy atom. The first kappa shape index (κ1) is 44.4. The summed E-state index contributed by atoms with van der Waals surface area (Å²) in [6.07, 6.45) is 0.